The standard InChI is InChI=1S/C14H24N2OS/c1-14(2)12(8-13(14)17)15-9-10(16(3)4)11-6-5-7-18-11/h5-7,10,12-13,15,17H,8-9H2,1-4H3. The van der Waals surface area contributed by atoms with Crippen molar-refractivity contribution in [2.24, 2.45) is 5.41 Å². The summed E-state index contributed by atoms with van der Waals surface area (Å²) >= 11 is 1.81. The minimum Gasteiger partial charge on any atom is -0.392 e. The Bertz CT molecular complexity index is 375. The molecule has 4 heteroatoms. The van der Waals surface area contributed by atoms with Gasteiger partial charge in [-0.2, -0.15) is 0 Å². The van der Waals surface area contributed by atoms with Gasteiger partial charge in [0.1, 0.15) is 0 Å². The average molecular weight is 268 g/mol. The van der Waals surface area contributed by atoms with Crippen molar-refractivity contribution in [1.29, 1.82) is 0 Å². The average Bonchev–Trinajstić information content (AvgIpc) is 2.81. The Morgan fingerprint density at radius 2 is 2.28 bits per heavy atom. The number of hydrogen-bond acceptors (Lipinski definition) is 4. The molecule has 2 N–H and O–H groups in total. The number of thiophene rings is 1. The van der Waals surface area contributed by atoms with Crippen LogP contribution in [0.3, 0.4) is 0 Å². The summed E-state index contributed by atoms with van der Waals surface area (Å²) in [5.41, 5.74) is 0.00626. The van der Waals surface area contributed by atoms with E-state index in [-0.39, 0.29) is 11.5 Å². The van der Waals surface area contributed by atoms with Crippen LogP contribution >= 0.6 is 11.3 Å². The first-order valence-electron chi connectivity index (χ1n) is 6.54. The topological polar surface area (TPSA) is 35.5 Å². The second kappa shape index (κ2) is 5.29. The molecule has 3 unspecified atom stereocenters. The number of hydrogen-bond donors (Lipinski definition) is 2. The lowest BCUT2D eigenvalue weighted by atomic mass is 9.64. The summed E-state index contributed by atoms with van der Waals surface area (Å²) in [7, 11) is 4.24. The predicted molar refractivity (Wildman–Crippen MR) is 76.9 cm³/mol. The summed E-state index contributed by atoms with van der Waals surface area (Å²) in [6.45, 7) is 5.21. The number of nitrogens with zero attached hydrogens (tertiary/aromatic N) is 1. The third kappa shape index (κ3) is 2.62. The molecule has 0 amide bonds. The van der Waals surface area contributed by atoms with Crippen molar-refractivity contribution in [3.63, 3.8) is 0 Å². The van der Waals surface area contributed by atoms with Crippen LogP contribution in [0.15, 0.2) is 17.5 Å². The maximum Gasteiger partial charge on any atom is 0.0621 e. The zero-order valence-corrected chi connectivity index (χ0v) is 12.5. The van der Waals surface area contributed by atoms with Crippen LogP contribution in [0.4, 0.5) is 0 Å². The van der Waals surface area contributed by atoms with Gasteiger partial charge in [0.15, 0.2) is 0 Å². The Morgan fingerprint density at radius 3 is 2.72 bits per heavy atom. The molecule has 1 aromatic rings. The van der Waals surface area contributed by atoms with Crippen molar-refractivity contribution in [2.75, 3.05) is 20.6 Å². The fourth-order valence-corrected chi connectivity index (χ4v) is 3.44. The van der Waals surface area contributed by atoms with Crippen LogP contribution in [0.5, 0.6) is 0 Å². The van der Waals surface area contributed by atoms with Crippen LogP contribution in [-0.4, -0.2) is 42.8 Å². The molecule has 1 heterocycles. The Balaban J connectivity index is 1.92. The van der Waals surface area contributed by atoms with E-state index in [0.29, 0.717) is 12.1 Å². The minimum atomic E-state index is -0.158. The van der Waals surface area contributed by atoms with Gasteiger partial charge in [0.25, 0.3) is 0 Å². The van der Waals surface area contributed by atoms with Gasteiger partial charge in [-0.25, -0.2) is 0 Å². The highest BCUT2D eigenvalue weighted by atomic mass is 32.1. The van der Waals surface area contributed by atoms with E-state index in [1.54, 1.807) is 11.3 Å². The molecular formula is C14H24N2OS. The molecule has 1 saturated carbocycles. The summed E-state index contributed by atoms with van der Waals surface area (Å²) in [5.74, 6) is 0. The number of nitrogens with one attached hydrogen (secondary N) is 1. The van der Waals surface area contributed by atoms with Crippen LogP contribution in [0.2, 0.25) is 0 Å². The molecule has 1 aliphatic carbocycles. The SMILES string of the molecule is CN(C)C(CNC1CC(O)C1(C)C)c1cccs1. The van der Waals surface area contributed by atoms with Gasteiger partial charge in [-0.1, -0.05) is 19.9 Å². The molecule has 0 spiro atoms. The molecule has 1 fully saturated rings. The van der Waals surface area contributed by atoms with E-state index >= 15 is 0 Å². The summed E-state index contributed by atoms with van der Waals surface area (Å²) in [6, 6.07) is 5.14. The molecule has 1 aromatic heterocycles. The molecule has 0 aliphatic heterocycles. The van der Waals surface area contributed by atoms with E-state index in [0.717, 1.165) is 13.0 Å². The monoisotopic (exact) mass is 268 g/mol. The minimum absolute atomic E-state index is 0.00626. The Labute approximate surface area is 114 Å². The molecular weight excluding hydrogens is 244 g/mol. The third-order valence-corrected chi connectivity index (χ3v) is 5.24. The molecule has 102 valence electrons. The van der Waals surface area contributed by atoms with Gasteiger partial charge in [0.05, 0.1) is 12.1 Å². The molecule has 18 heavy (non-hydrogen) atoms. The van der Waals surface area contributed by atoms with Crippen molar-refractivity contribution >= 4 is 11.3 Å². The third-order valence-electron chi connectivity index (χ3n) is 4.27. The zero-order chi connectivity index (χ0) is 13.3. The summed E-state index contributed by atoms with van der Waals surface area (Å²) in [4.78, 5) is 3.64. The second-order valence-corrected chi connectivity index (χ2v) is 7.01. The van der Waals surface area contributed by atoms with Crippen LogP contribution in [0.25, 0.3) is 0 Å². The molecule has 1 aliphatic rings. The van der Waals surface area contributed by atoms with Crippen LogP contribution in [0.1, 0.15) is 31.2 Å². The van der Waals surface area contributed by atoms with E-state index in [2.05, 4.69) is 55.7 Å². The molecule has 3 atom stereocenters. The molecule has 0 saturated heterocycles. The normalized spacial score (nSPS) is 28.1. The van der Waals surface area contributed by atoms with Gasteiger partial charge in [0.2, 0.25) is 0 Å². The zero-order valence-electron chi connectivity index (χ0n) is 11.7. The summed E-state index contributed by atoms with van der Waals surface area (Å²) in [6.07, 6.45) is 0.715. The highest BCUT2D eigenvalue weighted by molar-refractivity contribution is 7.10. The predicted octanol–water partition coefficient (Wildman–Crippen LogP) is 2.10. The first-order valence-corrected chi connectivity index (χ1v) is 7.42. The van der Waals surface area contributed by atoms with Gasteiger partial charge in [-0.05, 0) is 32.0 Å². The summed E-state index contributed by atoms with van der Waals surface area (Å²) in [5, 5.41) is 15.5. The van der Waals surface area contributed by atoms with Crippen molar-refractivity contribution in [1.82, 2.24) is 10.2 Å². The fraction of sp³-hybridized carbons (Fsp3) is 0.714. The fourth-order valence-electron chi connectivity index (χ4n) is 2.52. The highest BCUT2D eigenvalue weighted by Crippen LogP contribution is 2.40. The van der Waals surface area contributed by atoms with E-state index < -0.39 is 0 Å². The molecule has 0 radical (unpaired) electrons. The number of rotatable bonds is 5. The van der Waals surface area contributed by atoms with E-state index in [4.69, 9.17) is 0 Å². The van der Waals surface area contributed by atoms with Gasteiger partial charge in [0, 0.05) is 22.9 Å². The van der Waals surface area contributed by atoms with E-state index in [1.165, 1.54) is 4.88 Å². The van der Waals surface area contributed by atoms with Crippen molar-refractivity contribution in [3.05, 3.63) is 22.4 Å². The number of aliphatic hydroxyl groups is 1. The molecule has 0 aromatic carbocycles. The quantitative estimate of drug-likeness (QED) is 0.858. The maximum absolute atomic E-state index is 9.76. The van der Waals surface area contributed by atoms with Crippen molar-refractivity contribution < 1.29 is 5.11 Å². The second-order valence-electron chi connectivity index (χ2n) is 6.03. The highest BCUT2D eigenvalue weighted by Gasteiger charge is 2.47. The molecule has 0 bridgehead atoms. The van der Waals surface area contributed by atoms with Crippen LogP contribution < -0.4 is 5.32 Å². The van der Waals surface area contributed by atoms with Crippen LogP contribution in [0, 0.1) is 5.41 Å². The lowest BCUT2D eigenvalue weighted by molar-refractivity contribution is -0.0735. The lowest BCUT2D eigenvalue weighted by Gasteiger charge is -2.50. The molecule has 3 nitrogen and oxygen atoms in total. The lowest BCUT2D eigenvalue weighted by Crippen LogP contribution is -2.60. The smallest absolute Gasteiger partial charge is 0.0621 e. The van der Waals surface area contributed by atoms with Crippen molar-refractivity contribution in [2.45, 2.75) is 38.5 Å². The summed E-state index contributed by atoms with van der Waals surface area (Å²) < 4.78 is 0. The van der Waals surface area contributed by atoms with Gasteiger partial charge >= 0.3 is 0 Å². The van der Waals surface area contributed by atoms with Gasteiger partial charge in [-0.15, -0.1) is 11.3 Å². The Hall–Kier alpha value is -0.420. The maximum atomic E-state index is 9.76. The van der Waals surface area contributed by atoms with E-state index in [9.17, 15) is 5.11 Å². The van der Waals surface area contributed by atoms with Gasteiger partial charge < -0.3 is 15.3 Å². The van der Waals surface area contributed by atoms with Gasteiger partial charge in [-0.3, -0.25) is 0 Å². The number of likely N-dealkylation sites (N-methyl/N-ethyl adjacent to an activating group) is 1. The molecule has 2 rings (SSSR count). The number of aliphatic hydroxyl groups excluding tert-OH is 1. The van der Waals surface area contributed by atoms with Crippen molar-refractivity contribution in [3.8, 4) is 0 Å². The first-order chi connectivity index (χ1) is 8.43. The Morgan fingerprint density at radius 1 is 1.56 bits per heavy atom. The van der Waals surface area contributed by atoms with Crippen LogP contribution in [-0.2, 0) is 0 Å². The van der Waals surface area contributed by atoms with E-state index in [1.807, 2.05) is 0 Å². The first kappa shape index (κ1) is 14.0. The Kier molecular flexibility index (Phi) is 4.11. The largest absolute Gasteiger partial charge is 0.392 e.